The van der Waals surface area contributed by atoms with E-state index in [1.807, 2.05) is 37.5 Å². The quantitative estimate of drug-likeness (QED) is 0.517. The van der Waals surface area contributed by atoms with Gasteiger partial charge in [-0.2, -0.15) is 0 Å². The fourth-order valence-corrected chi connectivity index (χ4v) is 3.76. The van der Waals surface area contributed by atoms with E-state index in [1.165, 1.54) is 23.9 Å². The Bertz CT molecular complexity index is 1070. The van der Waals surface area contributed by atoms with Gasteiger partial charge in [0.25, 0.3) is 5.91 Å². The predicted molar refractivity (Wildman–Crippen MR) is 119 cm³/mol. The van der Waals surface area contributed by atoms with E-state index >= 15 is 0 Å². The van der Waals surface area contributed by atoms with Crippen LogP contribution in [-0.4, -0.2) is 32.3 Å². The summed E-state index contributed by atoms with van der Waals surface area (Å²) in [5.74, 6) is -0.381. The molecule has 2 N–H and O–H groups in total. The molecule has 162 valence electrons. The van der Waals surface area contributed by atoms with Crippen LogP contribution in [0.25, 0.3) is 0 Å². The standard InChI is InChI=1S/C22H24FN5O2S/c1-4-28-20(15(3)24-21(30)16-11-9-14(2)10-12-16)26-27-22(28)31-13-19(29)25-18-8-6-5-7-17(18)23/h5-12,15H,4,13H2,1-3H3,(H,24,30)(H,25,29)/t15-/m0/s1. The SMILES string of the molecule is CCn1c(SCC(=O)Nc2ccccc2F)nnc1[C@H](C)NC(=O)c1ccc(C)cc1. The van der Waals surface area contributed by atoms with E-state index in [9.17, 15) is 14.0 Å². The number of anilines is 1. The molecule has 0 bridgehead atoms. The molecule has 0 aliphatic rings. The summed E-state index contributed by atoms with van der Waals surface area (Å²) in [6.07, 6.45) is 0. The van der Waals surface area contributed by atoms with Gasteiger partial charge >= 0.3 is 0 Å². The first kappa shape index (κ1) is 22.5. The van der Waals surface area contributed by atoms with Crippen LogP contribution in [0.4, 0.5) is 10.1 Å². The van der Waals surface area contributed by atoms with Crippen molar-refractivity contribution in [2.24, 2.45) is 0 Å². The van der Waals surface area contributed by atoms with Gasteiger partial charge in [-0.15, -0.1) is 10.2 Å². The Hall–Kier alpha value is -3.20. The first-order valence-electron chi connectivity index (χ1n) is 9.86. The Balaban J connectivity index is 1.63. The van der Waals surface area contributed by atoms with Gasteiger partial charge in [0.2, 0.25) is 5.91 Å². The fraction of sp³-hybridized carbons (Fsp3) is 0.273. The van der Waals surface area contributed by atoms with Crippen molar-refractivity contribution >= 4 is 29.3 Å². The number of amides is 2. The highest BCUT2D eigenvalue weighted by molar-refractivity contribution is 7.99. The zero-order chi connectivity index (χ0) is 22.4. The Kier molecular flexibility index (Phi) is 7.41. The molecule has 0 radical (unpaired) electrons. The molecular formula is C22H24FN5O2S. The van der Waals surface area contributed by atoms with Crippen molar-refractivity contribution in [3.8, 4) is 0 Å². The zero-order valence-electron chi connectivity index (χ0n) is 17.6. The molecule has 2 aromatic carbocycles. The van der Waals surface area contributed by atoms with Crippen molar-refractivity contribution < 1.29 is 14.0 Å². The van der Waals surface area contributed by atoms with Crippen molar-refractivity contribution in [1.29, 1.82) is 0 Å². The highest BCUT2D eigenvalue weighted by Gasteiger charge is 2.20. The molecule has 1 heterocycles. The first-order valence-corrected chi connectivity index (χ1v) is 10.9. The first-order chi connectivity index (χ1) is 14.9. The van der Waals surface area contributed by atoms with E-state index in [1.54, 1.807) is 24.3 Å². The minimum atomic E-state index is -0.488. The highest BCUT2D eigenvalue weighted by atomic mass is 32.2. The smallest absolute Gasteiger partial charge is 0.251 e. The van der Waals surface area contributed by atoms with Crippen LogP contribution in [0.3, 0.4) is 0 Å². The van der Waals surface area contributed by atoms with Crippen molar-refractivity contribution in [2.75, 3.05) is 11.1 Å². The van der Waals surface area contributed by atoms with E-state index < -0.39 is 5.82 Å². The summed E-state index contributed by atoms with van der Waals surface area (Å²) in [4.78, 5) is 24.7. The van der Waals surface area contributed by atoms with Gasteiger partial charge in [0.05, 0.1) is 17.5 Å². The van der Waals surface area contributed by atoms with Gasteiger partial charge in [-0.05, 0) is 45.0 Å². The summed E-state index contributed by atoms with van der Waals surface area (Å²) < 4.78 is 15.5. The second kappa shape index (κ2) is 10.2. The molecule has 7 nitrogen and oxygen atoms in total. The van der Waals surface area contributed by atoms with Crippen LogP contribution in [0.1, 0.15) is 41.6 Å². The molecule has 3 rings (SSSR count). The Morgan fingerprint density at radius 3 is 2.52 bits per heavy atom. The third-order valence-corrected chi connectivity index (χ3v) is 5.56. The maximum atomic E-state index is 13.7. The van der Waals surface area contributed by atoms with E-state index in [-0.39, 0.29) is 29.3 Å². The van der Waals surface area contributed by atoms with E-state index in [0.29, 0.717) is 23.1 Å². The molecule has 0 spiro atoms. The number of aromatic nitrogens is 3. The molecule has 9 heteroatoms. The van der Waals surface area contributed by atoms with Gasteiger partial charge in [-0.3, -0.25) is 9.59 Å². The van der Waals surface area contributed by atoms with Crippen LogP contribution in [-0.2, 0) is 11.3 Å². The number of carbonyl (C=O) groups excluding carboxylic acids is 2. The lowest BCUT2D eigenvalue weighted by Gasteiger charge is -2.15. The third kappa shape index (κ3) is 5.69. The van der Waals surface area contributed by atoms with Crippen molar-refractivity contribution in [2.45, 2.75) is 38.5 Å². The second-order valence-electron chi connectivity index (χ2n) is 6.96. The number of thioether (sulfide) groups is 1. The molecule has 0 saturated carbocycles. The van der Waals surface area contributed by atoms with Crippen molar-refractivity contribution in [1.82, 2.24) is 20.1 Å². The number of rotatable bonds is 8. The number of aryl methyl sites for hydroxylation is 1. The monoisotopic (exact) mass is 441 g/mol. The minimum Gasteiger partial charge on any atom is -0.342 e. The van der Waals surface area contributed by atoms with Gasteiger partial charge in [-0.1, -0.05) is 41.6 Å². The number of nitrogens with zero attached hydrogens (tertiary/aromatic N) is 3. The molecule has 3 aromatic rings. The number of para-hydroxylation sites is 1. The Morgan fingerprint density at radius 2 is 1.84 bits per heavy atom. The summed E-state index contributed by atoms with van der Waals surface area (Å²) in [7, 11) is 0. The number of hydrogen-bond donors (Lipinski definition) is 2. The van der Waals surface area contributed by atoms with E-state index in [4.69, 9.17) is 0 Å². The van der Waals surface area contributed by atoms with Gasteiger partial charge in [-0.25, -0.2) is 4.39 Å². The van der Waals surface area contributed by atoms with Gasteiger partial charge in [0.1, 0.15) is 5.82 Å². The molecule has 1 aromatic heterocycles. The second-order valence-corrected chi connectivity index (χ2v) is 7.91. The summed E-state index contributed by atoms with van der Waals surface area (Å²) >= 11 is 1.20. The van der Waals surface area contributed by atoms with Crippen LogP contribution in [0.5, 0.6) is 0 Å². The molecule has 0 unspecified atom stereocenters. The molecular weight excluding hydrogens is 417 g/mol. The average molecular weight is 442 g/mol. The van der Waals surface area contributed by atoms with Crippen LogP contribution < -0.4 is 10.6 Å². The molecule has 0 aliphatic carbocycles. The highest BCUT2D eigenvalue weighted by Crippen LogP contribution is 2.21. The number of carbonyl (C=O) groups is 2. The summed E-state index contributed by atoms with van der Waals surface area (Å²) in [5.41, 5.74) is 1.79. The molecule has 0 saturated heterocycles. The fourth-order valence-electron chi connectivity index (χ4n) is 2.95. The normalized spacial score (nSPS) is 11.7. The zero-order valence-corrected chi connectivity index (χ0v) is 18.4. The summed E-state index contributed by atoms with van der Waals surface area (Å²) in [5, 5.41) is 14.4. The minimum absolute atomic E-state index is 0.0522. The van der Waals surface area contributed by atoms with Crippen molar-refractivity contribution in [3.05, 3.63) is 71.3 Å². The molecule has 0 aliphatic heterocycles. The molecule has 31 heavy (non-hydrogen) atoms. The third-order valence-electron chi connectivity index (χ3n) is 4.59. The van der Waals surface area contributed by atoms with Gasteiger partial charge in [0, 0.05) is 12.1 Å². The number of halogens is 1. The molecule has 2 amide bonds. The van der Waals surface area contributed by atoms with E-state index in [0.717, 1.165) is 5.56 Å². The maximum absolute atomic E-state index is 13.7. The topological polar surface area (TPSA) is 88.9 Å². The number of hydrogen-bond acceptors (Lipinski definition) is 5. The van der Waals surface area contributed by atoms with Crippen LogP contribution in [0, 0.1) is 12.7 Å². The summed E-state index contributed by atoms with van der Waals surface area (Å²) in [6, 6.07) is 12.9. The lowest BCUT2D eigenvalue weighted by atomic mass is 10.1. The van der Waals surface area contributed by atoms with Crippen LogP contribution >= 0.6 is 11.8 Å². The Morgan fingerprint density at radius 1 is 1.13 bits per heavy atom. The summed E-state index contributed by atoms with van der Waals surface area (Å²) in [6.45, 7) is 6.31. The van der Waals surface area contributed by atoms with E-state index in [2.05, 4.69) is 20.8 Å². The molecule has 1 atom stereocenters. The number of benzene rings is 2. The average Bonchev–Trinajstić information content (AvgIpc) is 3.17. The molecule has 0 fully saturated rings. The predicted octanol–water partition coefficient (Wildman–Crippen LogP) is 3.97. The van der Waals surface area contributed by atoms with Gasteiger partial charge < -0.3 is 15.2 Å². The number of nitrogens with one attached hydrogen (secondary N) is 2. The lowest BCUT2D eigenvalue weighted by Crippen LogP contribution is -2.28. The maximum Gasteiger partial charge on any atom is 0.251 e. The van der Waals surface area contributed by atoms with Crippen molar-refractivity contribution in [3.63, 3.8) is 0 Å². The van der Waals surface area contributed by atoms with Gasteiger partial charge in [0.15, 0.2) is 11.0 Å². The Labute approximate surface area is 184 Å². The van der Waals surface area contributed by atoms with Crippen LogP contribution in [0.15, 0.2) is 53.7 Å². The largest absolute Gasteiger partial charge is 0.342 e. The van der Waals surface area contributed by atoms with Crippen LogP contribution in [0.2, 0.25) is 0 Å². The lowest BCUT2D eigenvalue weighted by molar-refractivity contribution is -0.113.